The van der Waals surface area contributed by atoms with Crippen LogP contribution in [0.1, 0.15) is 13.8 Å². The van der Waals surface area contributed by atoms with E-state index in [1.807, 2.05) is 14.0 Å². The predicted molar refractivity (Wildman–Crippen MR) is 51.9 cm³/mol. The average molecular weight is 203 g/mol. The van der Waals surface area contributed by atoms with Crippen molar-refractivity contribution in [2.45, 2.75) is 26.1 Å². The Morgan fingerprint density at radius 1 is 1.77 bits per heavy atom. The molecule has 0 saturated carbocycles. The van der Waals surface area contributed by atoms with Gasteiger partial charge in [-0.05, 0) is 26.1 Å². The molecule has 6 heteroatoms. The lowest BCUT2D eigenvalue weighted by atomic mass is 10.3. The van der Waals surface area contributed by atoms with E-state index in [1.165, 1.54) is 0 Å². The first-order valence-electron chi connectivity index (χ1n) is 3.99. The molecular weight excluding hydrogens is 190 g/mol. The van der Waals surface area contributed by atoms with Crippen molar-refractivity contribution in [3.8, 4) is 0 Å². The van der Waals surface area contributed by atoms with E-state index in [0.29, 0.717) is 5.11 Å². The quantitative estimate of drug-likeness (QED) is 0.608. The molecule has 1 aliphatic heterocycles. The number of carbonyl (C=O) groups is 1. The van der Waals surface area contributed by atoms with Gasteiger partial charge < -0.3 is 10.0 Å². The van der Waals surface area contributed by atoms with Gasteiger partial charge in [-0.25, -0.2) is 9.80 Å². The summed E-state index contributed by atoms with van der Waals surface area (Å²) in [6.45, 7) is 3.51. The Morgan fingerprint density at radius 3 is 2.62 bits per heavy atom. The number of carboxylic acids is 1. The van der Waals surface area contributed by atoms with Crippen LogP contribution in [0.3, 0.4) is 0 Å². The first kappa shape index (κ1) is 10.2. The van der Waals surface area contributed by atoms with Gasteiger partial charge in [-0.15, -0.1) is 0 Å². The average Bonchev–Trinajstić information content (AvgIpc) is 2.26. The summed E-state index contributed by atoms with van der Waals surface area (Å²) in [7, 11) is 1.82. The molecule has 0 radical (unpaired) electrons. The highest BCUT2D eigenvalue weighted by Gasteiger charge is 2.35. The van der Waals surface area contributed by atoms with Gasteiger partial charge in [0.1, 0.15) is 6.04 Å². The van der Waals surface area contributed by atoms with Gasteiger partial charge in [0.25, 0.3) is 0 Å². The SMILES string of the molecule is CC(C(=O)O)N1C(=S)NN(C)C1C. The molecule has 0 aromatic carbocycles. The highest BCUT2D eigenvalue weighted by Crippen LogP contribution is 2.14. The first-order valence-corrected chi connectivity index (χ1v) is 4.40. The van der Waals surface area contributed by atoms with Crippen LogP contribution in [0.4, 0.5) is 0 Å². The topological polar surface area (TPSA) is 55.8 Å². The van der Waals surface area contributed by atoms with Crippen molar-refractivity contribution < 1.29 is 9.90 Å². The van der Waals surface area contributed by atoms with Gasteiger partial charge in [0.05, 0.1) is 6.17 Å². The van der Waals surface area contributed by atoms with Gasteiger partial charge in [-0.1, -0.05) is 0 Å². The Kier molecular flexibility index (Phi) is 2.72. The minimum Gasteiger partial charge on any atom is -0.480 e. The molecule has 1 heterocycles. The molecule has 0 amide bonds. The number of aliphatic carboxylic acids is 1. The molecule has 2 unspecified atom stereocenters. The Bertz CT molecular complexity index is 246. The van der Waals surface area contributed by atoms with E-state index in [1.54, 1.807) is 16.8 Å². The molecule has 1 saturated heterocycles. The van der Waals surface area contributed by atoms with Crippen molar-refractivity contribution in [2.24, 2.45) is 0 Å². The Hall–Kier alpha value is -0.880. The molecule has 2 atom stereocenters. The van der Waals surface area contributed by atoms with E-state index < -0.39 is 12.0 Å². The third-order valence-electron chi connectivity index (χ3n) is 2.24. The maximum atomic E-state index is 10.7. The highest BCUT2D eigenvalue weighted by atomic mass is 32.1. The zero-order chi connectivity index (χ0) is 10.2. The lowest BCUT2D eigenvalue weighted by Crippen LogP contribution is -2.45. The van der Waals surface area contributed by atoms with E-state index in [0.717, 1.165) is 0 Å². The summed E-state index contributed by atoms with van der Waals surface area (Å²) < 4.78 is 0. The molecule has 0 spiro atoms. The second kappa shape index (κ2) is 3.47. The van der Waals surface area contributed by atoms with Gasteiger partial charge in [0.2, 0.25) is 0 Å². The fourth-order valence-corrected chi connectivity index (χ4v) is 1.73. The van der Waals surface area contributed by atoms with E-state index in [2.05, 4.69) is 5.43 Å². The van der Waals surface area contributed by atoms with Crippen LogP contribution in [0.25, 0.3) is 0 Å². The van der Waals surface area contributed by atoms with Crippen molar-refractivity contribution >= 4 is 23.3 Å². The molecule has 0 aromatic heterocycles. The smallest absolute Gasteiger partial charge is 0.326 e. The minimum absolute atomic E-state index is 0.0291. The summed E-state index contributed by atoms with van der Waals surface area (Å²) in [5.41, 5.74) is 2.88. The number of hydrogen-bond donors (Lipinski definition) is 2. The number of nitrogens with zero attached hydrogens (tertiary/aromatic N) is 2. The van der Waals surface area contributed by atoms with Gasteiger partial charge in [-0.2, -0.15) is 0 Å². The highest BCUT2D eigenvalue weighted by molar-refractivity contribution is 7.80. The van der Waals surface area contributed by atoms with Crippen molar-refractivity contribution in [3.05, 3.63) is 0 Å². The van der Waals surface area contributed by atoms with E-state index >= 15 is 0 Å². The first-order chi connectivity index (χ1) is 5.95. The Morgan fingerprint density at radius 2 is 2.31 bits per heavy atom. The van der Waals surface area contributed by atoms with Crippen LogP contribution in [-0.2, 0) is 4.79 Å². The number of hydrazine groups is 1. The maximum absolute atomic E-state index is 10.7. The number of rotatable bonds is 2. The van der Waals surface area contributed by atoms with Gasteiger partial charge in [0.15, 0.2) is 5.11 Å². The molecule has 1 fully saturated rings. The van der Waals surface area contributed by atoms with E-state index in [4.69, 9.17) is 17.3 Å². The molecule has 2 N–H and O–H groups in total. The number of hydrogen-bond acceptors (Lipinski definition) is 3. The van der Waals surface area contributed by atoms with E-state index in [-0.39, 0.29) is 6.17 Å². The zero-order valence-electron chi connectivity index (χ0n) is 7.81. The Balaban J connectivity index is 2.79. The molecule has 0 aliphatic carbocycles. The van der Waals surface area contributed by atoms with E-state index in [9.17, 15) is 4.79 Å². The lowest BCUT2D eigenvalue weighted by Gasteiger charge is -2.26. The number of carboxylic acid groups (broad SMARTS) is 1. The molecular formula is C7H13N3O2S. The molecule has 74 valence electrons. The van der Waals surface area contributed by atoms with Gasteiger partial charge >= 0.3 is 5.97 Å². The van der Waals surface area contributed by atoms with Crippen molar-refractivity contribution in [1.82, 2.24) is 15.3 Å². The van der Waals surface area contributed by atoms with Gasteiger partial charge in [0, 0.05) is 7.05 Å². The van der Waals surface area contributed by atoms with Crippen LogP contribution in [0, 0.1) is 0 Å². The minimum atomic E-state index is -0.869. The monoisotopic (exact) mass is 203 g/mol. The zero-order valence-corrected chi connectivity index (χ0v) is 8.63. The summed E-state index contributed by atoms with van der Waals surface area (Å²) in [5, 5.41) is 11.1. The molecule has 13 heavy (non-hydrogen) atoms. The second-order valence-electron chi connectivity index (χ2n) is 3.08. The lowest BCUT2D eigenvalue weighted by molar-refractivity contribution is -0.142. The van der Waals surface area contributed by atoms with Crippen molar-refractivity contribution in [1.29, 1.82) is 0 Å². The molecule has 0 bridgehead atoms. The molecule has 1 rings (SSSR count). The standard InChI is InChI=1S/C7H13N3O2S/c1-4(6(11)12)10-5(2)9(3)8-7(10)13/h4-5H,1-3H3,(H,8,13)(H,11,12). The van der Waals surface area contributed by atoms with Crippen LogP contribution < -0.4 is 5.43 Å². The summed E-state index contributed by atoms with van der Waals surface area (Å²) in [6.07, 6.45) is -0.0291. The third-order valence-corrected chi connectivity index (χ3v) is 2.55. The summed E-state index contributed by atoms with van der Waals surface area (Å²) in [6, 6.07) is -0.597. The number of nitrogens with one attached hydrogen (secondary N) is 1. The van der Waals surface area contributed by atoms with Gasteiger partial charge in [-0.3, -0.25) is 5.43 Å². The van der Waals surface area contributed by atoms with Crippen LogP contribution in [0.5, 0.6) is 0 Å². The third kappa shape index (κ3) is 1.73. The van der Waals surface area contributed by atoms with Crippen molar-refractivity contribution in [2.75, 3.05) is 7.05 Å². The largest absolute Gasteiger partial charge is 0.480 e. The fraction of sp³-hybridized carbons (Fsp3) is 0.714. The second-order valence-corrected chi connectivity index (χ2v) is 3.47. The van der Waals surface area contributed by atoms with Crippen LogP contribution >= 0.6 is 12.2 Å². The van der Waals surface area contributed by atoms with Crippen LogP contribution in [0.2, 0.25) is 0 Å². The van der Waals surface area contributed by atoms with Crippen LogP contribution in [-0.4, -0.2) is 45.4 Å². The molecule has 5 nitrogen and oxygen atoms in total. The van der Waals surface area contributed by atoms with Crippen molar-refractivity contribution in [3.63, 3.8) is 0 Å². The number of thiocarbonyl (C=S) groups is 1. The molecule has 0 aromatic rings. The summed E-state index contributed by atoms with van der Waals surface area (Å²) in [5.74, 6) is -0.869. The normalized spacial score (nSPS) is 25.9. The predicted octanol–water partition coefficient (Wildman–Crippen LogP) is -0.158. The summed E-state index contributed by atoms with van der Waals surface area (Å²) >= 11 is 5.00. The summed E-state index contributed by atoms with van der Waals surface area (Å²) in [4.78, 5) is 12.4. The maximum Gasteiger partial charge on any atom is 0.326 e. The van der Waals surface area contributed by atoms with Crippen LogP contribution in [0.15, 0.2) is 0 Å². The Labute approximate surface area is 82.3 Å². The fourth-order valence-electron chi connectivity index (χ4n) is 1.28. The molecule has 1 aliphatic rings.